The van der Waals surface area contributed by atoms with Crippen LogP contribution in [0.15, 0.2) is 34.0 Å². The lowest BCUT2D eigenvalue weighted by Crippen LogP contribution is -2.24. The predicted molar refractivity (Wildman–Crippen MR) is 156 cm³/mol. The molecule has 192 valence electrons. The van der Waals surface area contributed by atoms with Crippen molar-refractivity contribution in [2.24, 2.45) is 0 Å². The van der Waals surface area contributed by atoms with Crippen LogP contribution in [0.25, 0.3) is 22.5 Å². The second-order valence-corrected chi connectivity index (χ2v) is 10.1. The Morgan fingerprint density at radius 3 is 2.54 bits per heavy atom. The standard InChI is InChI=1S/C31H36N4OS/c1-10-32-31(36)29-21(7)19(5)17(3)14-27(29)37-26-15-25-28(22(8)20(26)6)30(35-34-25)18(4)13-24-12-11-16(2)23(9)33-24/h11-15H,10H2,1-9H3,(H,32,36)(H,34,35)/b18-13+/i10D2,11D,12D,13D,14D,15D/hD2. The first kappa shape index (κ1) is 17.2. The molecule has 0 aliphatic rings. The van der Waals surface area contributed by atoms with E-state index in [1.807, 2.05) is 0 Å². The number of nitrogens with one attached hydrogen (secondary N) is 2. The van der Waals surface area contributed by atoms with E-state index in [1.54, 1.807) is 55.4 Å². The van der Waals surface area contributed by atoms with Crippen LogP contribution in [0.1, 0.15) is 84.3 Å². The SMILES string of the molecule is [2H]/C(=C(/C)c1nn([2H])c2c([2H])c(Sc3c([2H])c(C)c(C)c(C)c3C(=O)N([2H])C([2H])([2H])C)c(C)c(C)c12)c1nc(C)c(C)c([2H])c1[2H]. The highest BCUT2D eigenvalue weighted by molar-refractivity contribution is 7.99. The fraction of sp³-hybridized carbons (Fsp3) is 0.323. The van der Waals surface area contributed by atoms with Crippen LogP contribution in [-0.2, 0) is 0 Å². The summed E-state index contributed by atoms with van der Waals surface area (Å²) in [5.41, 5.74) is 4.90. The number of benzene rings is 2. The molecule has 0 atom stereocenters. The van der Waals surface area contributed by atoms with Gasteiger partial charge in [0.05, 0.1) is 29.3 Å². The number of aryl methyl sites for hydroxylation is 2. The van der Waals surface area contributed by atoms with Crippen LogP contribution < -0.4 is 5.31 Å². The van der Waals surface area contributed by atoms with Crippen LogP contribution >= 0.6 is 11.8 Å². The van der Waals surface area contributed by atoms with Gasteiger partial charge in [-0.2, -0.15) is 5.10 Å². The molecule has 2 aromatic heterocycles. The molecule has 4 rings (SSSR count). The number of H-pyrrole nitrogens is 1. The molecule has 2 aromatic carbocycles. The molecule has 2 N–H and O–H groups in total. The summed E-state index contributed by atoms with van der Waals surface area (Å²) in [5, 5.41) is 5.89. The van der Waals surface area contributed by atoms with Crippen LogP contribution in [0.4, 0.5) is 0 Å². The van der Waals surface area contributed by atoms with E-state index in [0.29, 0.717) is 54.9 Å². The Balaban J connectivity index is 1.99. The van der Waals surface area contributed by atoms with Gasteiger partial charge in [-0.3, -0.25) is 14.9 Å². The first-order valence-corrected chi connectivity index (χ1v) is 12.7. The Labute approximate surface area is 236 Å². The molecule has 5 nitrogen and oxygen atoms in total. The van der Waals surface area contributed by atoms with E-state index >= 15 is 0 Å². The number of rotatable bonds is 6. The number of amides is 1. The zero-order valence-electron chi connectivity index (χ0n) is 31.6. The van der Waals surface area contributed by atoms with E-state index in [1.165, 1.54) is 0 Å². The molecular weight excluding hydrogens is 476 g/mol. The van der Waals surface area contributed by atoms with Crippen LogP contribution in [0.5, 0.6) is 0 Å². The Morgan fingerprint density at radius 1 is 1.11 bits per heavy atom. The van der Waals surface area contributed by atoms with E-state index in [2.05, 4.69) is 10.1 Å². The monoisotopic (exact) mass is 521 g/mol. The summed E-state index contributed by atoms with van der Waals surface area (Å²) in [4.78, 5) is 18.5. The van der Waals surface area contributed by atoms with E-state index in [4.69, 9.17) is 11.0 Å². The van der Waals surface area contributed by atoms with Gasteiger partial charge in [0.15, 0.2) is 2.82 Å². The van der Waals surface area contributed by atoms with Gasteiger partial charge in [0.2, 0.25) is 0 Å². The minimum absolute atomic E-state index is 0.00826. The molecule has 0 saturated heterocycles. The number of allylic oxidation sites excluding steroid dienone is 1. The Morgan fingerprint density at radius 2 is 1.84 bits per heavy atom. The van der Waals surface area contributed by atoms with Crippen LogP contribution in [0.2, 0.25) is 2.82 Å². The van der Waals surface area contributed by atoms with Gasteiger partial charge in [-0.15, -0.1) is 0 Å². The lowest BCUT2D eigenvalue weighted by Gasteiger charge is -2.18. The molecule has 1 amide bonds. The fourth-order valence-electron chi connectivity index (χ4n) is 4.06. The number of nitrogens with zero attached hydrogens (tertiary/aromatic N) is 2. The highest BCUT2D eigenvalue weighted by Gasteiger charge is 2.21. The van der Waals surface area contributed by atoms with E-state index in [-0.39, 0.29) is 62.9 Å². The molecule has 0 spiro atoms. The molecule has 37 heavy (non-hydrogen) atoms. The molecule has 0 saturated carbocycles. The van der Waals surface area contributed by atoms with Crippen LogP contribution in [-0.4, -0.2) is 27.6 Å². The summed E-state index contributed by atoms with van der Waals surface area (Å²) >= 11 is 0.995. The van der Waals surface area contributed by atoms with Gasteiger partial charge >= 0.3 is 0 Å². The summed E-state index contributed by atoms with van der Waals surface area (Å²) in [7, 11) is 0. The molecule has 0 radical (unpaired) electrons. The second kappa shape index (κ2) is 10.5. The van der Waals surface area contributed by atoms with Crippen LogP contribution in [0.3, 0.4) is 0 Å². The first-order valence-electron chi connectivity index (χ1n) is 16.3. The largest absolute Gasteiger partial charge is 0.352 e. The Hall–Kier alpha value is -3.38. The third-order valence-corrected chi connectivity index (χ3v) is 7.87. The zero-order valence-corrected chi connectivity index (χ0v) is 23.4. The molecular formula is C31H36N4OS. The Bertz CT molecular complexity index is 2000. The molecule has 0 unspecified atom stereocenters. The molecule has 6 heteroatoms. The number of carbonyl (C=O) groups excluding carboxylic acids is 1. The topological polar surface area (TPSA) is 70.7 Å². The third kappa shape index (κ3) is 5.08. The number of fused-ring (bicyclic) bond motifs is 1. The summed E-state index contributed by atoms with van der Waals surface area (Å²) in [6, 6.07) is -0.381. The van der Waals surface area contributed by atoms with Crippen molar-refractivity contribution >= 4 is 40.2 Å². The lowest BCUT2D eigenvalue weighted by molar-refractivity contribution is 0.0952. The number of aromatic amines is 1. The van der Waals surface area contributed by atoms with Crippen molar-refractivity contribution in [3.63, 3.8) is 0 Å². The number of hydrogen-bond acceptors (Lipinski definition) is 4. The van der Waals surface area contributed by atoms with Gasteiger partial charge in [-0.05, 0) is 125 Å². The van der Waals surface area contributed by atoms with Crippen molar-refractivity contribution in [1.82, 2.24) is 20.5 Å². The van der Waals surface area contributed by atoms with Crippen molar-refractivity contribution in [1.29, 1.82) is 0 Å². The van der Waals surface area contributed by atoms with Gasteiger partial charge in [0, 0.05) is 30.1 Å². The van der Waals surface area contributed by atoms with E-state index in [9.17, 15) is 6.17 Å². The van der Waals surface area contributed by atoms with Gasteiger partial charge in [0.1, 0.15) is 0 Å². The summed E-state index contributed by atoms with van der Waals surface area (Å²) in [6.07, 6.45) is 0. The van der Waals surface area contributed by atoms with Crippen molar-refractivity contribution < 1.29 is 17.2 Å². The van der Waals surface area contributed by atoms with Crippen molar-refractivity contribution in [3.05, 3.63) is 80.2 Å². The highest BCUT2D eigenvalue weighted by atomic mass is 32.2. The number of carbonyl (C=O) groups is 1. The summed E-state index contributed by atoms with van der Waals surface area (Å²) in [5.74, 6) is -0.910. The maximum atomic E-state index is 13.5. The van der Waals surface area contributed by atoms with Gasteiger partial charge in [0.25, 0.3) is 5.91 Å². The molecule has 2 heterocycles. The fourth-order valence-corrected chi connectivity index (χ4v) is 5.26. The van der Waals surface area contributed by atoms with Crippen LogP contribution in [0, 0.1) is 48.5 Å². The zero-order chi connectivity index (χ0) is 34.9. The number of pyridine rings is 1. The van der Waals surface area contributed by atoms with E-state index < -0.39 is 12.4 Å². The summed E-state index contributed by atoms with van der Waals surface area (Å²) < 4.78 is 76.5. The van der Waals surface area contributed by atoms with Gasteiger partial charge in [-0.1, -0.05) is 17.8 Å². The molecule has 0 aliphatic carbocycles. The van der Waals surface area contributed by atoms with Gasteiger partial charge in [-0.25, -0.2) is 0 Å². The highest BCUT2D eigenvalue weighted by Crippen LogP contribution is 2.40. The maximum Gasteiger partial charge on any atom is 0.252 e. The quantitative estimate of drug-likeness (QED) is 0.274. The Kier molecular flexibility index (Phi) is 4.90. The van der Waals surface area contributed by atoms with E-state index in [0.717, 1.165) is 23.8 Å². The first-order chi connectivity index (χ1) is 21.1. The predicted octanol–water partition coefficient (Wildman–Crippen LogP) is 7.58. The van der Waals surface area contributed by atoms with Gasteiger partial charge < -0.3 is 5.31 Å². The normalized spacial score (nSPS) is 16.0. The summed E-state index contributed by atoms with van der Waals surface area (Å²) in [6.45, 7) is 12.6. The third-order valence-electron chi connectivity index (χ3n) is 6.74. The average Bonchev–Trinajstić information content (AvgIpc) is 3.35. The smallest absolute Gasteiger partial charge is 0.252 e. The average molecular weight is 522 g/mol. The maximum absolute atomic E-state index is 13.5. The van der Waals surface area contributed by atoms with Crippen molar-refractivity contribution in [2.75, 3.05) is 6.50 Å². The number of hydrogen-bond donors (Lipinski definition) is 2. The van der Waals surface area contributed by atoms with Crippen molar-refractivity contribution in [2.45, 2.75) is 72.1 Å². The number of aromatic nitrogens is 3. The minimum Gasteiger partial charge on any atom is -0.352 e. The molecule has 0 bridgehead atoms. The minimum atomic E-state index is -2.29. The lowest BCUT2D eigenvalue weighted by atomic mass is 9.98. The second-order valence-electron chi connectivity index (χ2n) is 9.09. The van der Waals surface area contributed by atoms with Crippen molar-refractivity contribution in [3.8, 4) is 0 Å². The molecule has 4 aromatic rings. The molecule has 0 fully saturated rings. The molecule has 0 aliphatic heterocycles.